The first-order valence-electron chi connectivity index (χ1n) is 17.1. The van der Waals surface area contributed by atoms with Gasteiger partial charge in [-0.15, -0.1) is 0 Å². The second kappa shape index (κ2) is 19.4. The van der Waals surface area contributed by atoms with Crippen LogP contribution in [0.1, 0.15) is 58.9 Å². The minimum absolute atomic E-state index is 0.358. The molecule has 1 N–H and O–H groups in total. The van der Waals surface area contributed by atoms with Gasteiger partial charge in [0.05, 0.1) is 19.2 Å². The molecule has 0 aliphatic carbocycles. The molecular weight excluding hydrogens is 562 g/mol. The van der Waals surface area contributed by atoms with E-state index in [1.54, 1.807) is 7.11 Å². The van der Waals surface area contributed by atoms with Gasteiger partial charge in [0, 0.05) is 63.3 Å². The first-order chi connectivity index (χ1) is 22.0. The van der Waals surface area contributed by atoms with E-state index in [1.807, 2.05) is 39.8 Å². The van der Waals surface area contributed by atoms with Gasteiger partial charge in [0.2, 0.25) is 5.95 Å². The summed E-state index contributed by atoms with van der Waals surface area (Å²) in [6, 6.07) is 15.2. The Bertz CT molecular complexity index is 1250. The first-order valence-corrected chi connectivity index (χ1v) is 17.1. The lowest BCUT2D eigenvalue weighted by atomic mass is 10.0. The Kier molecular flexibility index (Phi) is 15.7. The molecule has 45 heavy (non-hydrogen) atoms. The van der Waals surface area contributed by atoms with Crippen molar-refractivity contribution < 1.29 is 9.47 Å². The molecule has 3 aromatic rings. The van der Waals surface area contributed by atoms with Crippen molar-refractivity contribution in [2.24, 2.45) is 0 Å². The number of hydrogen-bond acceptors (Lipinski definition) is 9. The largest absolute Gasteiger partial charge is 0.493 e. The summed E-state index contributed by atoms with van der Waals surface area (Å²) in [5.74, 6) is 3.14. The zero-order valence-corrected chi connectivity index (χ0v) is 29.3. The van der Waals surface area contributed by atoms with E-state index in [2.05, 4.69) is 76.4 Å². The lowest BCUT2D eigenvalue weighted by Crippen LogP contribution is -2.39. The molecule has 0 saturated carbocycles. The molecule has 2 fully saturated rings. The van der Waals surface area contributed by atoms with Gasteiger partial charge in [0.25, 0.3) is 0 Å². The summed E-state index contributed by atoms with van der Waals surface area (Å²) in [4.78, 5) is 19.7. The van der Waals surface area contributed by atoms with Crippen molar-refractivity contribution in [1.82, 2.24) is 24.7 Å². The fourth-order valence-corrected chi connectivity index (χ4v) is 5.73. The van der Waals surface area contributed by atoms with Gasteiger partial charge in [-0.25, -0.2) is 4.98 Å². The van der Waals surface area contributed by atoms with E-state index < -0.39 is 0 Å². The van der Waals surface area contributed by atoms with Gasteiger partial charge in [0.15, 0.2) is 11.5 Å². The van der Waals surface area contributed by atoms with Crippen LogP contribution in [0.4, 0.5) is 11.8 Å². The van der Waals surface area contributed by atoms with Crippen LogP contribution in [0, 0.1) is 0 Å². The molecule has 0 atom stereocenters. The lowest BCUT2D eigenvalue weighted by Gasteiger charge is -2.33. The monoisotopic (exact) mass is 621 g/mol. The van der Waals surface area contributed by atoms with E-state index in [9.17, 15) is 0 Å². The van der Waals surface area contributed by atoms with Crippen molar-refractivity contribution in [3.8, 4) is 11.5 Å². The van der Waals surface area contributed by atoms with Gasteiger partial charge in [-0.2, -0.15) is 4.98 Å². The minimum atomic E-state index is 0.358. The number of fused-ring (bicyclic) bond motifs is 1. The summed E-state index contributed by atoms with van der Waals surface area (Å²) in [6.07, 6.45) is 4.20. The summed E-state index contributed by atoms with van der Waals surface area (Å²) in [5.41, 5.74) is 2.26. The van der Waals surface area contributed by atoms with Crippen molar-refractivity contribution >= 4 is 22.7 Å². The number of nitrogens with one attached hydrogen (secondary N) is 1. The molecule has 9 nitrogen and oxygen atoms in total. The molecule has 2 aliphatic rings. The zero-order valence-electron chi connectivity index (χ0n) is 29.3. The maximum absolute atomic E-state index is 6.20. The second-order valence-corrected chi connectivity index (χ2v) is 11.7. The first kappa shape index (κ1) is 36.3. The van der Waals surface area contributed by atoms with E-state index in [-0.39, 0.29) is 0 Å². The molecule has 9 heteroatoms. The van der Waals surface area contributed by atoms with Crippen LogP contribution in [0.3, 0.4) is 0 Å². The third kappa shape index (κ3) is 11.0. The van der Waals surface area contributed by atoms with E-state index in [0.29, 0.717) is 12.6 Å². The molecule has 0 bridgehead atoms. The maximum atomic E-state index is 6.20. The van der Waals surface area contributed by atoms with Crippen LogP contribution in [0.5, 0.6) is 11.5 Å². The van der Waals surface area contributed by atoms with E-state index >= 15 is 0 Å². The van der Waals surface area contributed by atoms with Gasteiger partial charge in [-0.05, 0) is 65.0 Å². The summed E-state index contributed by atoms with van der Waals surface area (Å²) < 4.78 is 12.0. The van der Waals surface area contributed by atoms with E-state index in [0.717, 1.165) is 112 Å². The number of aromatic nitrogens is 2. The molecule has 250 valence electrons. The molecule has 2 aromatic carbocycles. The third-order valence-electron chi connectivity index (χ3n) is 8.16. The number of likely N-dealkylation sites (tertiary alicyclic amines) is 1. The van der Waals surface area contributed by atoms with Gasteiger partial charge in [-0.3, -0.25) is 4.90 Å². The van der Waals surface area contributed by atoms with Crippen LogP contribution in [-0.2, 0) is 6.54 Å². The smallest absolute Gasteiger partial charge is 0.227 e. The number of rotatable bonds is 11. The highest BCUT2D eigenvalue weighted by molar-refractivity contribution is 5.93. The van der Waals surface area contributed by atoms with E-state index in [4.69, 9.17) is 19.4 Å². The molecule has 0 radical (unpaired) electrons. The molecule has 0 amide bonds. The molecule has 5 rings (SSSR count). The number of piperidine rings is 1. The van der Waals surface area contributed by atoms with Crippen LogP contribution in [0.15, 0.2) is 42.5 Å². The van der Waals surface area contributed by atoms with Crippen LogP contribution in [-0.4, -0.2) is 111 Å². The second-order valence-electron chi connectivity index (χ2n) is 11.7. The molecular formula is C36H59N7O2. The quantitative estimate of drug-likeness (QED) is 0.251. The number of ether oxygens (including phenoxy) is 2. The zero-order chi connectivity index (χ0) is 32.6. The van der Waals surface area contributed by atoms with Gasteiger partial charge < -0.3 is 29.5 Å². The average molecular weight is 622 g/mol. The van der Waals surface area contributed by atoms with Gasteiger partial charge >= 0.3 is 0 Å². The van der Waals surface area contributed by atoms with Crippen LogP contribution in [0.25, 0.3) is 10.9 Å². The van der Waals surface area contributed by atoms with Crippen molar-refractivity contribution in [3.05, 3.63) is 48.0 Å². The third-order valence-corrected chi connectivity index (χ3v) is 8.16. The SMILES string of the molecule is CC.CC.COc1cc2c(NC3CCN(Cc4ccccc4)CC3)nc(N3CCCN(C)CC3)nc2cc1OCCCN(C)C. The Hall–Kier alpha value is -3.14. The minimum Gasteiger partial charge on any atom is -0.493 e. The summed E-state index contributed by atoms with van der Waals surface area (Å²) >= 11 is 0. The lowest BCUT2D eigenvalue weighted by molar-refractivity contribution is 0.211. The maximum Gasteiger partial charge on any atom is 0.227 e. The van der Waals surface area contributed by atoms with Crippen molar-refractivity contribution in [1.29, 1.82) is 0 Å². The van der Waals surface area contributed by atoms with Crippen LogP contribution in [0.2, 0.25) is 0 Å². The Morgan fingerprint density at radius 1 is 0.889 bits per heavy atom. The fraction of sp³-hybridized carbons (Fsp3) is 0.611. The number of anilines is 2. The Balaban J connectivity index is 0.00000133. The van der Waals surface area contributed by atoms with E-state index in [1.165, 1.54) is 5.56 Å². The number of nitrogens with zero attached hydrogens (tertiary/aromatic N) is 6. The summed E-state index contributed by atoms with van der Waals surface area (Å²) in [5, 5.41) is 4.81. The Morgan fingerprint density at radius 2 is 1.62 bits per heavy atom. The number of hydrogen-bond donors (Lipinski definition) is 1. The average Bonchev–Trinajstić information content (AvgIpc) is 3.30. The Morgan fingerprint density at radius 3 is 2.31 bits per heavy atom. The van der Waals surface area contributed by atoms with Crippen LogP contribution >= 0.6 is 0 Å². The Labute approximate surface area is 272 Å². The molecule has 0 spiro atoms. The predicted octanol–water partition coefficient (Wildman–Crippen LogP) is 6.24. The van der Waals surface area contributed by atoms with Crippen molar-refractivity contribution in [2.45, 2.75) is 66.0 Å². The number of methoxy groups -OCH3 is 1. The molecule has 1 aromatic heterocycles. The molecule has 3 heterocycles. The predicted molar refractivity (Wildman–Crippen MR) is 190 cm³/mol. The summed E-state index contributed by atoms with van der Waals surface area (Å²) in [7, 11) is 8.05. The van der Waals surface area contributed by atoms with Gasteiger partial charge in [0.1, 0.15) is 5.82 Å². The molecule has 2 aliphatic heterocycles. The number of benzene rings is 2. The highest BCUT2D eigenvalue weighted by atomic mass is 16.5. The summed E-state index contributed by atoms with van der Waals surface area (Å²) in [6.45, 7) is 16.7. The normalized spacial score (nSPS) is 16.3. The highest BCUT2D eigenvalue weighted by Crippen LogP contribution is 2.36. The molecule has 2 saturated heterocycles. The van der Waals surface area contributed by atoms with Gasteiger partial charge in [-0.1, -0.05) is 58.0 Å². The topological polar surface area (TPSA) is 69.2 Å². The van der Waals surface area contributed by atoms with Crippen molar-refractivity contribution in [2.75, 3.05) is 90.9 Å². The highest BCUT2D eigenvalue weighted by Gasteiger charge is 2.23. The van der Waals surface area contributed by atoms with Crippen LogP contribution < -0.4 is 19.7 Å². The fourth-order valence-electron chi connectivity index (χ4n) is 5.73. The van der Waals surface area contributed by atoms with Crippen molar-refractivity contribution in [3.63, 3.8) is 0 Å². The molecule has 0 unspecified atom stereocenters. The number of likely N-dealkylation sites (N-methyl/N-ethyl adjacent to an activating group) is 1. The standard InChI is InChI=1S/C32H47N7O2.2C2H6/c1-36(2)14-9-21-41-30-23-28-27(22-29(30)40-4)31(35-32(34-28)39-16-8-15-37(3)19-20-39)33-26-12-17-38(18-13-26)24-25-10-6-5-7-11-25;2*1-2/h5-7,10-11,22-23,26H,8-9,12-21,24H2,1-4H3,(H,33,34,35);2*1-2H3.